The zero-order valence-electron chi connectivity index (χ0n) is 11.4. The molecule has 0 saturated carbocycles. The van der Waals surface area contributed by atoms with Crippen LogP contribution in [0, 0.1) is 0 Å². The van der Waals surface area contributed by atoms with Gasteiger partial charge < -0.3 is 5.73 Å². The van der Waals surface area contributed by atoms with E-state index in [-0.39, 0.29) is 0 Å². The van der Waals surface area contributed by atoms with Gasteiger partial charge in [-0.3, -0.25) is 0 Å². The lowest BCUT2D eigenvalue weighted by atomic mass is 10.0. The molecule has 2 rings (SSSR count). The Labute approximate surface area is 120 Å². The highest BCUT2D eigenvalue weighted by atomic mass is 32.2. The Morgan fingerprint density at radius 2 is 1.58 bits per heavy atom. The van der Waals surface area contributed by atoms with Crippen molar-refractivity contribution in [1.82, 2.24) is 0 Å². The maximum Gasteiger partial charge on any atom is 0.0187 e. The van der Waals surface area contributed by atoms with E-state index in [2.05, 4.69) is 55.5 Å². The van der Waals surface area contributed by atoms with Gasteiger partial charge >= 0.3 is 0 Å². The minimum absolute atomic E-state index is 0.638. The summed E-state index contributed by atoms with van der Waals surface area (Å²) in [5.74, 6) is 1.07. The van der Waals surface area contributed by atoms with E-state index in [0.717, 1.165) is 18.7 Å². The van der Waals surface area contributed by atoms with Gasteiger partial charge in [0.2, 0.25) is 0 Å². The number of nitrogens with two attached hydrogens (primary N) is 1. The minimum Gasteiger partial charge on any atom is -0.330 e. The lowest BCUT2D eigenvalue weighted by Gasteiger charge is -2.10. The van der Waals surface area contributed by atoms with Gasteiger partial charge in [-0.15, -0.1) is 0 Å². The van der Waals surface area contributed by atoms with E-state index in [1.165, 1.54) is 16.7 Å². The largest absolute Gasteiger partial charge is 0.330 e. The topological polar surface area (TPSA) is 26.0 Å². The maximum absolute atomic E-state index is 5.57. The van der Waals surface area contributed by atoms with Crippen molar-refractivity contribution in [2.75, 3.05) is 6.54 Å². The van der Waals surface area contributed by atoms with E-state index in [1.54, 1.807) is 0 Å². The van der Waals surface area contributed by atoms with Gasteiger partial charge in [0.1, 0.15) is 0 Å². The van der Waals surface area contributed by atoms with Crippen molar-refractivity contribution in [1.29, 1.82) is 0 Å². The van der Waals surface area contributed by atoms with Crippen LogP contribution in [-0.2, 0) is 5.75 Å². The summed E-state index contributed by atoms with van der Waals surface area (Å²) in [4.78, 5) is 0. The molecule has 0 amide bonds. The van der Waals surface area contributed by atoms with Gasteiger partial charge in [0, 0.05) is 11.0 Å². The lowest BCUT2D eigenvalue weighted by molar-refractivity contribution is 0.823. The summed E-state index contributed by atoms with van der Waals surface area (Å²) < 4.78 is 0. The average molecular weight is 271 g/mol. The van der Waals surface area contributed by atoms with Gasteiger partial charge in [0.25, 0.3) is 0 Å². The first kappa shape index (κ1) is 14.2. The quantitative estimate of drug-likeness (QED) is 0.846. The lowest BCUT2D eigenvalue weighted by Crippen LogP contribution is -2.07. The molecular formula is C17H21NS. The number of hydrogen-bond donors (Lipinski definition) is 1. The van der Waals surface area contributed by atoms with Crippen LogP contribution in [0.2, 0.25) is 0 Å². The highest BCUT2D eigenvalue weighted by molar-refractivity contribution is 7.99. The molecule has 2 N–H and O–H groups in total. The van der Waals surface area contributed by atoms with Crippen molar-refractivity contribution in [3.63, 3.8) is 0 Å². The van der Waals surface area contributed by atoms with Gasteiger partial charge in [-0.1, -0.05) is 61.5 Å². The number of rotatable bonds is 6. The molecule has 2 heteroatoms. The second kappa shape index (κ2) is 7.37. The summed E-state index contributed by atoms with van der Waals surface area (Å²) in [6.45, 7) is 3.02. The van der Waals surface area contributed by atoms with Crippen LogP contribution >= 0.6 is 11.8 Å². The van der Waals surface area contributed by atoms with Gasteiger partial charge in [0.05, 0.1) is 0 Å². The molecule has 1 atom stereocenters. The van der Waals surface area contributed by atoms with Crippen molar-refractivity contribution < 1.29 is 0 Å². The standard InChI is InChI=1S/C17H21NS/c1-14(11-12-18)19-13-15-7-9-17(10-8-15)16-5-3-2-4-6-16/h2-10,14H,11-13,18H2,1H3. The van der Waals surface area contributed by atoms with Crippen molar-refractivity contribution in [2.24, 2.45) is 5.73 Å². The van der Waals surface area contributed by atoms with E-state index in [1.807, 2.05) is 17.8 Å². The number of hydrogen-bond acceptors (Lipinski definition) is 2. The third-order valence-electron chi connectivity index (χ3n) is 3.17. The molecule has 0 radical (unpaired) electrons. The molecule has 19 heavy (non-hydrogen) atoms. The molecule has 0 spiro atoms. The van der Waals surface area contributed by atoms with Gasteiger partial charge in [-0.25, -0.2) is 0 Å². The first-order valence-corrected chi connectivity index (χ1v) is 7.80. The Kier molecular flexibility index (Phi) is 5.49. The van der Waals surface area contributed by atoms with Crippen LogP contribution in [0.15, 0.2) is 54.6 Å². The van der Waals surface area contributed by atoms with Gasteiger partial charge in [-0.05, 0) is 29.7 Å². The van der Waals surface area contributed by atoms with Gasteiger partial charge in [-0.2, -0.15) is 11.8 Å². The molecule has 2 aromatic rings. The molecule has 100 valence electrons. The normalized spacial score (nSPS) is 12.3. The van der Waals surface area contributed by atoms with Gasteiger partial charge in [0.15, 0.2) is 0 Å². The third kappa shape index (κ3) is 4.41. The highest BCUT2D eigenvalue weighted by Crippen LogP contribution is 2.23. The highest BCUT2D eigenvalue weighted by Gasteiger charge is 2.02. The van der Waals surface area contributed by atoms with E-state index in [4.69, 9.17) is 5.73 Å². The molecule has 0 bridgehead atoms. The Hall–Kier alpha value is -1.25. The molecule has 1 nitrogen and oxygen atoms in total. The molecule has 0 aliphatic carbocycles. The predicted molar refractivity (Wildman–Crippen MR) is 86.3 cm³/mol. The Morgan fingerprint density at radius 1 is 0.947 bits per heavy atom. The van der Waals surface area contributed by atoms with E-state index < -0.39 is 0 Å². The summed E-state index contributed by atoms with van der Waals surface area (Å²) in [5.41, 5.74) is 9.51. The van der Waals surface area contributed by atoms with Crippen LogP contribution in [0.25, 0.3) is 11.1 Å². The van der Waals surface area contributed by atoms with E-state index >= 15 is 0 Å². The monoisotopic (exact) mass is 271 g/mol. The van der Waals surface area contributed by atoms with E-state index in [0.29, 0.717) is 5.25 Å². The molecule has 0 fully saturated rings. The van der Waals surface area contributed by atoms with Crippen molar-refractivity contribution in [3.05, 3.63) is 60.2 Å². The second-order valence-corrected chi connectivity index (χ2v) is 6.19. The molecule has 0 heterocycles. The van der Waals surface area contributed by atoms with Crippen molar-refractivity contribution in [2.45, 2.75) is 24.3 Å². The SMILES string of the molecule is CC(CCN)SCc1ccc(-c2ccccc2)cc1. The average Bonchev–Trinajstić information content (AvgIpc) is 2.47. The summed E-state index contributed by atoms with van der Waals surface area (Å²) >= 11 is 1.98. The predicted octanol–water partition coefficient (Wildman–Crippen LogP) is 4.32. The fourth-order valence-corrected chi connectivity index (χ4v) is 2.95. The fourth-order valence-electron chi connectivity index (χ4n) is 1.98. The number of thioether (sulfide) groups is 1. The van der Waals surface area contributed by atoms with Crippen molar-refractivity contribution in [3.8, 4) is 11.1 Å². The fraction of sp³-hybridized carbons (Fsp3) is 0.294. The summed E-state index contributed by atoms with van der Waals surface area (Å²) in [6, 6.07) is 19.4. The minimum atomic E-state index is 0.638. The third-order valence-corrected chi connectivity index (χ3v) is 4.47. The second-order valence-electron chi connectivity index (χ2n) is 4.76. The zero-order valence-corrected chi connectivity index (χ0v) is 12.2. The molecular weight excluding hydrogens is 250 g/mol. The van der Waals surface area contributed by atoms with Crippen molar-refractivity contribution >= 4 is 11.8 Å². The summed E-state index contributed by atoms with van der Waals surface area (Å²) in [7, 11) is 0. The summed E-state index contributed by atoms with van der Waals surface area (Å²) in [6.07, 6.45) is 1.09. The first-order valence-electron chi connectivity index (χ1n) is 6.75. The smallest absolute Gasteiger partial charge is 0.0187 e. The zero-order chi connectivity index (χ0) is 13.5. The molecule has 0 aromatic heterocycles. The molecule has 0 saturated heterocycles. The molecule has 2 aromatic carbocycles. The van der Waals surface area contributed by atoms with Crippen LogP contribution < -0.4 is 5.73 Å². The van der Waals surface area contributed by atoms with Crippen LogP contribution in [0.5, 0.6) is 0 Å². The van der Waals surface area contributed by atoms with E-state index in [9.17, 15) is 0 Å². The molecule has 1 unspecified atom stereocenters. The maximum atomic E-state index is 5.57. The Morgan fingerprint density at radius 3 is 2.21 bits per heavy atom. The summed E-state index contributed by atoms with van der Waals surface area (Å²) in [5, 5.41) is 0.638. The first-order chi connectivity index (χ1) is 9.29. The number of benzene rings is 2. The molecule has 0 aliphatic rings. The van der Waals surface area contributed by atoms with Crippen LogP contribution in [-0.4, -0.2) is 11.8 Å². The van der Waals surface area contributed by atoms with Crippen LogP contribution in [0.3, 0.4) is 0 Å². The molecule has 0 aliphatic heterocycles. The Bertz CT molecular complexity index is 478. The van der Waals surface area contributed by atoms with Crippen LogP contribution in [0.1, 0.15) is 18.9 Å². The Balaban J connectivity index is 1.95. The van der Waals surface area contributed by atoms with Crippen LogP contribution in [0.4, 0.5) is 0 Å².